The molecule has 1 heterocycles. The maximum Gasteiger partial charge on any atom is 0.254 e. The summed E-state index contributed by atoms with van der Waals surface area (Å²) in [6, 6.07) is 15.0. The van der Waals surface area contributed by atoms with E-state index >= 15 is 0 Å². The number of amides is 1. The van der Waals surface area contributed by atoms with Gasteiger partial charge in [0.25, 0.3) is 5.91 Å². The molecule has 6 nitrogen and oxygen atoms in total. The Morgan fingerprint density at radius 1 is 1.11 bits per heavy atom. The number of carbonyl (C=O) groups is 1. The van der Waals surface area contributed by atoms with Crippen molar-refractivity contribution >= 4 is 15.9 Å². The van der Waals surface area contributed by atoms with Crippen molar-refractivity contribution in [2.24, 2.45) is 5.14 Å². The van der Waals surface area contributed by atoms with Crippen LogP contribution in [0.15, 0.2) is 48.5 Å². The molecule has 3 N–H and O–H groups in total. The van der Waals surface area contributed by atoms with Crippen LogP contribution in [0.5, 0.6) is 0 Å². The molecule has 1 amide bonds. The largest absolute Gasteiger partial charge is 0.329 e. The van der Waals surface area contributed by atoms with Gasteiger partial charge in [0.1, 0.15) is 0 Å². The number of rotatable bonds is 5. The number of primary sulfonamides is 1. The summed E-state index contributed by atoms with van der Waals surface area (Å²) in [7, 11) is -3.58. The van der Waals surface area contributed by atoms with Crippen molar-refractivity contribution in [2.75, 3.05) is 19.6 Å². The van der Waals surface area contributed by atoms with Gasteiger partial charge in [0.05, 0.1) is 11.8 Å². The molecule has 144 valence electrons. The first kappa shape index (κ1) is 19.5. The van der Waals surface area contributed by atoms with E-state index in [1.165, 1.54) is 5.56 Å². The second-order valence-corrected chi connectivity index (χ2v) is 8.43. The molecule has 1 fully saturated rings. The number of piperazine rings is 1. The lowest BCUT2D eigenvalue weighted by molar-refractivity contribution is 0.0634. The van der Waals surface area contributed by atoms with E-state index < -0.39 is 10.0 Å². The van der Waals surface area contributed by atoms with E-state index in [1.807, 2.05) is 4.90 Å². The number of sulfonamides is 1. The van der Waals surface area contributed by atoms with Crippen LogP contribution in [0.1, 0.15) is 40.0 Å². The molecule has 1 unspecified atom stereocenters. The lowest BCUT2D eigenvalue weighted by atomic mass is 10.00. The molecule has 1 saturated heterocycles. The third-order valence-electron chi connectivity index (χ3n) is 4.85. The van der Waals surface area contributed by atoms with Crippen LogP contribution >= 0.6 is 0 Å². The Balaban J connectivity index is 1.80. The molecule has 7 heteroatoms. The first-order valence-electron chi connectivity index (χ1n) is 9.07. The van der Waals surface area contributed by atoms with Gasteiger partial charge < -0.3 is 10.2 Å². The number of nitrogens with two attached hydrogens (primary N) is 1. The monoisotopic (exact) mass is 387 g/mol. The minimum Gasteiger partial charge on any atom is -0.329 e. The van der Waals surface area contributed by atoms with Crippen molar-refractivity contribution < 1.29 is 13.2 Å². The first-order chi connectivity index (χ1) is 12.9. The van der Waals surface area contributed by atoms with Gasteiger partial charge in [0.2, 0.25) is 10.0 Å². The summed E-state index contributed by atoms with van der Waals surface area (Å²) in [5.41, 5.74) is 3.50. The zero-order valence-corrected chi connectivity index (χ0v) is 16.2. The number of hydrogen-bond acceptors (Lipinski definition) is 4. The lowest BCUT2D eigenvalue weighted by Crippen LogP contribution is -2.48. The fraction of sp³-hybridized carbons (Fsp3) is 0.350. The number of nitrogens with one attached hydrogen (secondary N) is 1. The van der Waals surface area contributed by atoms with E-state index in [0.29, 0.717) is 24.2 Å². The Labute approximate surface area is 160 Å². The van der Waals surface area contributed by atoms with E-state index in [4.69, 9.17) is 5.14 Å². The molecular formula is C20H25N3O3S. The molecule has 2 aromatic carbocycles. The standard InChI is InChI=1S/C20H25N3O3S/c1-2-15-3-7-17(8-4-15)19-13-22-11-12-23(19)20(24)18-9-5-16(6-10-18)14-27(21,25)26/h3-10,19,22H,2,11-14H2,1H3,(H2,21,25,26). The summed E-state index contributed by atoms with van der Waals surface area (Å²) in [5.74, 6) is -0.287. The van der Waals surface area contributed by atoms with E-state index in [1.54, 1.807) is 24.3 Å². The molecule has 0 saturated carbocycles. The summed E-state index contributed by atoms with van der Waals surface area (Å²) < 4.78 is 22.4. The van der Waals surface area contributed by atoms with Gasteiger partial charge in [-0.05, 0) is 35.2 Å². The summed E-state index contributed by atoms with van der Waals surface area (Å²) in [4.78, 5) is 14.9. The first-order valence-corrected chi connectivity index (χ1v) is 10.8. The predicted molar refractivity (Wildman–Crippen MR) is 106 cm³/mol. The average Bonchev–Trinajstić information content (AvgIpc) is 2.67. The van der Waals surface area contributed by atoms with Crippen molar-refractivity contribution in [3.05, 3.63) is 70.8 Å². The van der Waals surface area contributed by atoms with Crippen molar-refractivity contribution in [2.45, 2.75) is 25.1 Å². The molecule has 1 aliphatic heterocycles. The van der Waals surface area contributed by atoms with Crippen LogP contribution in [0.3, 0.4) is 0 Å². The molecule has 3 rings (SSSR count). The van der Waals surface area contributed by atoms with E-state index in [2.05, 4.69) is 36.5 Å². The Hall–Kier alpha value is -2.22. The van der Waals surface area contributed by atoms with E-state index in [9.17, 15) is 13.2 Å². The fourth-order valence-electron chi connectivity index (χ4n) is 3.36. The zero-order valence-electron chi connectivity index (χ0n) is 15.4. The number of aryl methyl sites for hydroxylation is 1. The van der Waals surface area contributed by atoms with Crippen LogP contribution in [0.25, 0.3) is 0 Å². The molecule has 0 radical (unpaired) electrons. The quantitative estimate of drug-likeness (QED) is 0.819. The minimum absolute atomic E-state index is 0.0266. The van der Waals surface area contributed by atoms with Gasteiger partial charge >= 0.3 is 0 Å². The van der Waals surface area contributed by atoms with Crippen molar-refractivity contribution in [3.8, 4) is 0 Å². The van der Waals surface area contributed by atoms with Crippen LogP contribution < -0.4 is 10.5 Å². The highest BCUT2D eigenvalue weighted by Gasteiger charge is 2.28. The Bertz CT molecular complexity index is 893. The molecule has 0 spiro atoms. The van der Waals surface area contributed by atoms with Crippen LogP contribution in [-0.2, 0) is 22.2 Å². The highest BCUT2D eigenvalue weighted by molar-refractivity contribution is 7.88. The molecule has 2 aromatic rings. The third kappa shape index (κ3) is 4.94. The molecule has 0 aromatic heterocycles. The number of hydrogen-bond donors (Lipinski definition) is 2. The minimum atomic E-state index is -3.58. The third-order valence-corrected chi connectivity index (χ3v) is 5.58. The second-order valence-electron chi connectivity index (χ2n) is 6.82. The Morgan fingerprint density at radius 3 is 2.33 bits per heavy atom. The second kappa shape index (κ2) is 8.21. The van der Waals surface area contributed by atoms with E-state index in [0.717, 1.165) is 18.5 Å². The molecule has 27 heavy (non-hydrogen) atoms. The average molecular weight is 388 g/mol. The smallest absolute Gasteiger partial charge is 0.254 e. The topological polar surface area (TPSA) is 92.5 Å². The SMILES string of the molecule is CCc1ccc(C2CNCCN2C(=O)c2ccc(CS(N)(=O)=O)cc2)cc1. The van der Waals surface area contributed by atoms with Crippen LogP contribution in [-0.4, -0.2) is 38.9 Å². The lowest BCUT2D eigenvalue weighted by Gasteiger charge is -2.36. The maximum absolute atomic E-state index is 13.1. The fourth-order valence-corrected chi connectivity index (χ4v) is 4.02. The van der Waals surface area contributed by atoms with Gasteiger partial charge in [0, 0.05) is 25.2 Å². The molecule has 0 bridgehead atoms. The molecule has 0 aliphatic carbocycles. The van der Waals surface area contributed by atoms with Gasteiger partial charge in [-0.3, -0.25) is 4.79 Å². The Morgan fingerprint density at radius 2 is 1.74 bits per heavy atom. The molecular weight excluding hydrogens is 362 g/mol. The van der Waals surface area contributed by atoms with Crippen LogP contribution in [0.4, 0.5) is 0 Å². The van der Waals surface area contributed by atoms with Gasteiger partial charge in [-0.1, -0.05) is 43.3 Å². The number of nitrogens with zero attached hydrogens (tertiary/aromatic N) is 1. The summed E-state index contributed by atoms with van der Waals surface area (Å²) >= 11 is 0. The van der Waals surface area contributed by atoms with Gasteiger partial charge in [0.15, 0.2) is 0 Å². The highest BCUT2D eigenvalue weighted by Crippen LogP contribution is 2.25. The molecule has 1 aliphatic rings. The predicted octanol–water partition coefficient (Wildman–Crippen LogP) is 1.82. The van der Waals surface area contributed by atoms with Gasteiger partial charge in [-0.25, -0.2) is 13.6 Å². The van der Waals surface area contributed by atoms with Gasteiger partial charge in [-0.15, -0.1) is 0 Å². The number of carbonyl (C=O) groups excluding carboxylic acids is 1. The molecule has 1 atom stereocenters. The van der Waals surface area contributed by atoms with Crippen molar-refractivity contribution in [1.82, 2.24) is 10.2 Å². The summed E-state index contributed by atoms with van der Waals surface area (Å²) in [6.07, 6.45) is 0.983. The normalized spacial score (nSPS) is 17.7. The van der Waals surface area contributed by atoms with Crippen molar-refractivity contribution in [1.29, 1.82) is 0 Å². The van der Waals surface area contributed by atoms with E-state index in [-0.39, 0.29) is 17.7 Å². The summed E-state index contributed by atoms with van der Waals surface area (Å²) in [6.45, 7) is 4.20. The maximum atomic E-state index is 13.1. The highest BCUT2D eigenvalue weighted by atomic mass is 32.2. The van der Waals surface area contributed by atoms with Crippen LogP contribution in [0.2, 0.25) is 0 Å². The summed E-state index contributed by atoms with van der Waals surface area (Å²) in [5, 5.41) is 8.43. The van der Waals surface area contributed by atoms with Crippen LogP contribution in [0, 0.1) is 0 Å². The Kier molecular flexibility index (Phi) is 5.94. The zero-order chi connectivity index (χ0) is 19.4. The number of benzene rings is 2. The van der Waals surface area contributed by atoms with Gasteiger partial charge in [-0.2, -0.15) is 0 Å². The van der Waals surface area contributed by atoms with Crippen molar-refractivity contribution in [3.63, 3.8) is 0 Å².